The van der Waals surface area contributed by atoms with Crippen molar-refractivity contribution in [2.24, 2.45) is 23.7 Å². The van der Waals surface area contributed by atoms with E-state index >= 15 is 0 Å². The number of benzene rings is 1. The lowest BCUT2D eigenvalue weighted by molar-refractivity contribution is -0.170. The Morgan fingerprint density at radius 2 is 1.96 bits per heavy atom. The number of cyclic esters (lactones) is 1. The molecule has 0 radical (unpaired) electrons. The molecule has 5 nitrogen and oxygen atoms in total. The smallest absolute Gasteiger partial charge is 0.320 e. The molecular weight excluding hydrogens is 308 g/mol. The number of methoxy groups -OCH3 is 1. The summed E-state index contributed by atoms with van der Waals surface area (Å²) in [6.07, 6.45) is 1.23. The second-order valence-corrected chi connectivity index (χ2v) is 6.67. The molecule has 0 spiro atoms. The summed E-state index contributed by atoms with van der Waals surface area (Å²) < 4.78 is 10.1. The van der Waals surface area contributed by atoms with Gasteiger partial charge in [0.25, 0.3) is 0 Å². The molecule has 5 heteroatoms. The maximum Gasteiger partial charge on any atom is 0.320 e. The second kappa shape index (κ2) is 5.58. The van der Waals surface area contributed by atoms with E-state index < -0.39 is 17.9 Å². The van der Waals surface area contributed by atoms with Crippen molar-refractivity contribution in [3.05, 3.63) is 41.5 Å². The summed E-state index contributed by atoms with van der Waals surface area (Å²) in [6, 6.07) is 9.50. The predicted octanol–water partition coefficient (Wildman–Crippen LogP) is 2.01. The number of carbonyl (C=O) groups is 3. The van der Waals surface area contributed by atoms with Crippen LogP contribution in [0.4, 0.5) is 0 Å². The Morgan fingerprint density at radius 1 is 1.21 bits per heavy atom. The molecule has 0 N–H and O–H groups in total. The van der Waals surface area contributed by atoms with Gasteiger partial charge in [-0.3, -0.25) is 14.4 Å². The summed E-state index contributed by atoms with van der Waals surface area (Å²) in [5.74, 6) is -2.08. The molecule has 1 aromatic rings. The molecule has 2 fully saturated rings. The van der Waals surface area contributed by atoms with E-state index in [0.29, 0.717) is 18.6 Å². The predicted molar refractivity (Wildman–Crippen MR) is 84.5 cm³/mol. The zero-order valence-electron chi connectivity index (χ0n) is 13.4. The number of carbonyl (C=O) groups excluding carboxylic acids is 3. The van der Waals surface area contributed by atoms with Crippen LogP contribution < -0.4 is 0 Å². The van der Waals surface area contributed by atoms with E-state index in [0.717, 1.165) is 17.6 Å². The highest BCUT2D eigenvalue weighted by Crippen LogP contribution is 2.55. The quantitative estimate of drug-likeness (QED) is 0.614. The number of ketones is 1. The lowest BCUT2D eigenvalue weighted by atomic mass is 9.78. The van der Waals surface area contributed by atoms with Gasteiger partial charge >= 0.3 is 11.9 Å². The highest BCUT2D eigenvalue weighted by molar-refractivity contribution is 6.24. The van der Waals surface area contributed by atoms with Crippen molar-refractivity contribution in [3.63, 3.8) is 0 Å². The number of hydrogen-bond acceptors (Lipinski definition) is 5. The maximum atomic E-state index is 12.6. The number of fused-ring (bicyclic) bond motifs is 3. The van der Waals surface area contributed by atoms with Crippen LogP contribution in [0, 0.1) is 23.7 Å². The van der Waals surface area contributed by atoms with Crippen LogP contribution >= 0.6 is 0 Å². The molecule has 3 aliphatic rings. The third-order valence-electron chi connectivity index (χ3n) is 5.46. The molecule has 0 unspecified atom stereocenters. The van der Waals surface area contributed by atoms with Gasteiger partial charge < -0.3 is 9.47 Å². The molecule has 0 amide bonds. The van der Waals surface area contributed by atoms with Gasteiger partial charge in [0, 0.05) is 23.8 Å². The first-order chi connectivity index (χ1) is 11.6. The highest BCUT2D eigenvalue weighted by atomic mass is 16.6. The Hall–Kier alpha value is -2.43. The molecule has 4 atom stereocenters. The number of ether oxygens (including phenoxy) is 2. The van der Waals surface area contributed by atoms with Gasteiger partial charge in [0.1, 0.15) is 0 Å². The van der Waals surface area contributed by atoms with Gasteiger partial charge in [0.05, 0.1) is 13.7 Å². The van der Waals surface area contributed by atoms with E-state index in [1.54, 1.807) is 0 Å². The minimum absolute atomic E-state index is 0.0820. The summed E-state index contributed by atoms with van der Waals surface area (Å²) in [7, 11) is 1.28. The fraction of sp³-hybridized carbons (Fsp3) is 0.421. The van der Waals surface area contributed by atoms with E-state index in [9.17, 15) is 14.4 Å². The van der Waals surface area contributed by atoms with Crippen LogP contribution in [0.2, 0.25) is 0 Å². The average molecular weight is 326 g/mol. The highest BCUT2D eigenvalue weighted by Gasteiger charge is 2.56. The monoisotopic (exact) mass is 326 g/mol. The van der Waals surface area contributed by atoms with Gasteiger partial charge in [0.15, 0.2) is 11.7 Å². The molecule has 2 aliphatic carbocycles. The standard InChI is InChI=1S/C19H18O5/c1-23-18(21)17-16-12(9-24-19(17)22)7-11-8-13(20)14(15(11)16)10-5-3-2-4-6-10/h2-6,11-12,16-17H,7-9H2,1H3/t11-,12-,16+,17-/m0/s1. The summed E-state index contributed by atoms with van der Waals surface area (Å²) in [6.45, 7) is 0.313. The van der Waals surface area contributed by atoms with E-state index in [1.807, 2.05) is 30.3 Å². The summed E-state index contributed by atoms with van der Waals surface area (Å²) in [4.78, 5) is 37.0. The van der Waals surface area contributed by atoms with Crippen LogP contribution in [0.15, 0.2) is 35.9 Å². The van der Waals surface area contributed by atoms with Crippen LogP contribution in [-0.2, 0) is 23.9 Å². The average Bonchev–Trinajstić information content (AvgIpc) is 3.09. The van der Waals surface area contributed by atoms with Crippen molar-refractivity contribution in [3.8, 4) is 0 Å². The van der Waals surface area contributed by atoms with E-state index in [1.165, 1.54) is 7.11 Å². The summed E-state index contributed by atoms with van der Waals surface area (Å²) >= 11 is 0. The van der Waals surface area contributed by atoms with Gasteiger partial charge in [0.2, 0.25) is 0 Å². The number of rotatable bonds is 2. The van der Waals surface area contributed by atoms with Crippen molar-refractivity contribution < 1.29 is 23.9 Å². The van der Waals surface area contributed by atoms with Crippen molar-refractivity contribution in [2.75, 3.05) is 13.7 Å². The molecule has 1 saturated carbocycles. The second-order valence-electron chi connectivity index (χ2n) is 6.67. The maximum absolute atomic E-state index is 12.6. The zero-order valence-corrected chi connectivity index (χ0v) is 13.4. The Kier molecular flexibility index (Phi) is 3.52. The molecule has 1 saturated heterocycles. The zero-order chi connectivity index (χ0) is 16.8. The van der Waals surface area contributed by atoms with Crippen LogP contribution in [-0.4, -0.2) is 31.4 Å². The van der Waals surface area contributed by atoms with Crippen LogP contribution in [0.3, 0.4) is 0 Å². The molecule has 1 aromatic carbocycles. The minimum atomic E-state index is -0.960. The fourth-order valence-corrected chi connectivity index (χ4v) is 4.57. The summed E-state index contributed by atoms with van der Waals surface area (Å²) in [5, 5.41) is 0. The van der Waals surface area contributed by atoms with Crippen LogP contribution in [0.1, 0.15) is 18.4 Å². The Balaban J connectivity index is 1.86. The molecule has 24 heavy (non-hydrogen) atoms. The minimum Gasteiger partial charge on any atom is -0.468 e. The van der Waals surface area contributed by atoms with E-state index in [2.05, 4.69) is 0 Å². The van der Waals surface area contributed by atoms with E-state index in [-0.39, 0.29) is 23.5 Å². The topological polar surface area (TPSA) is 69.7 Å². The van der Waals surface area contributed by atoms with Gasteiger partial charge in [-0.25, -0.2) is 0 Å². The molecular formula is C19H18O5. The fourth-order valence-electron chi connectivity index (χ4n) is 4.57. The molecule has 1 aliphatic heterocycles. The van der Waals surface area contributed by atoms with Crippen molar-refractivity contribution in [1.82, 2.24) is 0 Å². The van der Waals surface area contributed by atoms with Gasteiger partial charge in [-0.15, -0.1) is 0 Å². The Labute approximate surface area is 139 Å². The number of hydrogen-bond donors (Lipinski definition) is 0. The van der Waals surface area contributed by atoms with Crippen LogP contribution in [0.25, 0.3) is 5.57 Å². The number of allylic oxidation sites excluding steroid dienone is 2. The molecule has 0 aromatic heterocycles. The van der Waals surface area contributed by atoms with Crippen molar-refractivity contribution >= 4 is 23.3 Å². The first kappa shape index (κ1) is 15.1. The largest absolute Gasteiger partial charge is 0.468 e. The normalized spacial score (nSPS) is 31.5. The first-order valence-corrected chi connectivity index (χ1v) is 8.19. The van der Waals surface area contributed by atoms with Gasteiger partial charge in [-0.05, 0) is 17.9 Å². The van der Waals surface area contributed by atoms with Crippen molar-refractivity contribution in [1.29, 1.82) is 0 Å². The van der Waals surface area contributed by atoms with Gasteiger partial charge in [-0.1, -0.05) is 35.9 Å². The third kappa shape index (κ3) is 2.11. The van der Waals surface area contributed by atoms with E-state index in [4.69, 9.17) is 9.47 Å². The lowest BCUT2D eigenvalue weighted by Gasteiger charge is -2.31. The molecule has 124 valence electrons. The third-order valence-corrected chi connectivity index (χ3v) is 5.46. The Bertz CT molecular complexity index is 740. The molecule has 1 heterocycles. The molecule has 4 rings (SSSR count). The molecule has 0 bridgehead atoms. The van der Waals surface area contributed by atoms with Gasteiger partial charge in [-0.2, -0.15) is 0 Å². The first-order valence-electron chi connectivity index (χ1n) is 8.19. The number of Topliss-reactive ketones (excluding diaryl/α,β-unsaturated/α-hetero) is 1. The SMILES string of the molecule is COC(=O)[C@H]1C(=O)OC[C@@H]2C[C@H]3CC(=O)C(c4ccccc4)=C3[C@@H]21. The van der Waals surface area contributed by atoms with Crippen molar-refractivity contribution in [2.45, 2.75) is 12.8 Å². The lowest BCUT2D eigenvalue weighted by Crippen LogP contribution is -2.42. The summed E-state index contributed by atoms with van der Waals surface area (Å²) in [5.41, 5.74) is 2.52. The van der Waals surface area contributed by atoms with Crippen LogP contribution in [0.5, 0.6) is 0 Å². The Morgan fingerprint density at radius 3 is 2.67 bits per heavy atom. The number of esters is 2.